The SMILES string of the molecule is Cc1ccc(C(C)C)cc1.Cc1ccc(C(C)C)cc1.Oc1c2ccccc2c(O)c2c(O)c3ccccc3c(O)c12.[Cl][Ru].[Cl][Ru]. The molecule has 6 aromatic carbocycles. The van der Waals surface area contributed by atoms with E-state index in [1.165, 1.54) is 22.3 Å². The van der Waals surface area contributed by atoms with Gasteiger partial charge in [-0.1, -0.05) is 136 Å². The Morgan fingerprint density at radius 2 is 0.630 bits per heavy atom. The maximum atomic E-state index is 10.5. The van der Waals surface area contributed by atoms with Crippen LogP contribution in [0.25, 0.3) is 32.3 Å². The van der Waals surface area contributed by atoms with E-state index < -0.39 is 0 Å². The van der Waals surface area contributed by atoms with Crippen LogP contribution in [0, 0.1) is 13.8 Å². The standard InChI is InChI=1S/C18H12O4.2C10H14.2ClH.2Ru/c19-15-9-5-1-2-6-10(9)16(20)14-13(15)17(21)11-7-3-4-8-12(11)18(14)22;2*1-8(2)10-6-4-9(3)5-7-10;;;;/h1-8,19-22H;2*4-8H,1-3H3;2*1H;;/q;;;;;2*+1/p-2. The number of aryl methyl sites for hydroxylation is 2. The van der Waals surface area contributed by atoms with Crippen molar-refractivity contribution in [2.45, 2.75) is 53.4 Å². The fraction of sp³-hybridized carbons (Fsp3) is 0.211. The third kappa shape index (κ3) is 9.58. The van der Waals surface area contributed by atoms with E-state index in [-0.39, 0.29) is 33.8 Å². The molecule has 0 radical (unpaired) electrons. The number of phenols is 4. The fourth-order valence-corrected chi connectivity index (χ4v) is 4.93. The second kappa shape index (κ2) is 19.1. The minimum absolute atomic E-state index is 0.0485. The second-order valence-electron chi connectivity index (χ2n) is 11.4. The Hall–Kier alpha value is -2.87. The molecule has 0 fully saturated rings. The summed E-state index contributed by atoms with van der Waals surface area (Å²) in [4.78, 5) is 0. The van der Waals surface area contributed by atoms with Crippen molar-refractivity contribution in [1.82, 2.24) is 0 Å². The van der Waals surface area contributed by atoms with Crippen LogP contribution in [-0.4, -0.2) is 20.4 Å². The maximum absolute atomic E-state index is 10.5. The molecule has 246 valence electrons. The van der Waals surface area contributed by atoms with Crippen molar-refractivity contribution < 1.29 is 55.0 Å². The summed E-state index contributed by atoms with van der Waals surface area (Å²) < 4.78 is 0. The Bertz CT molecular complexity index is 1620. The minimum atomic E-state index is -0.165. The Labute approximate surface area is 300 Å². The molecule has 0 aliphatic rings. The van der Waals surface area contributed by atoms with Crippen LogP contribution in [0.5, 0.6) is 23.0 Å². The van der Waals surface area contributed by atoms with Crippen LogP contribution in [0.3, 0.4) is 0 Å². The molecule has 0 spiro atoms. The monoisotopic (exact) mass is 834 g/mol. The zero-order valence-electron chi connectivity index (χ0n) is 26.6. The number of rotatable bonds is 2. The van der Waals surface area contributed by atoms with Gasteiger partial charge in [0.25, 0.3) is 0 Å². The molecule has 6 rings (SSSR count). The molecule has 0 aliphatic carbocycles. The van der Waals surface area contributed by atoms with Gasteiger partial charge in [0.15, 0.2) is 0 Å². The summed E-state index contributed by atoms with van der Waals surface area (Å²) in [5, 5.41) is 43.8. The van der Waals surface area contributed by atoms with E-state index in [1.807, 2.05) is 34.6 Å². The van der Waals surface area contributed by atoms with Crippen LogP contribution in [0.2, 0.25) is 0 Å². The van der Waals surface area contributed by atoms with E-state index >= 15 is 0 Å². The summed E-state index contributed by atoms with van der Waals surface area (Å²) >= 11 is 3.64. The number of fused-ring (bicyclic) bond motifs is 3. The third-order valence-corrected chi connectivity index (χ3v) is 7.56. The fourth-order valence-electron chi connectivity index (χ4n) is 4.93. The molecule has 4 nitrogen and oxygen atoms in total. The molecule has 0 saturated heterocycles. The Balaban J connectivity index is 0.000000257. The average Bonchev–Trinajstić information content (AvgIpc) is 3.08. The van der Waals surface area contributed by atoms with Gasteiger partial charge in [0, 0.05) is 21.5 Å². The van der Waals surface area contributed by atoms with Crippen molar-refractivity contribution in [3.8, 4) is 23.0 Å². The first-order valence-corrected chi connectivity index (χ1v) is 19.1. The van der Waals surface area contributed by atoms with Crippen LogP contribution in [-0.2, 0) is 34.6 Å². The first kappa shape index (κ1) is 39.3. The molecule has 0 saturated carbocycles. The van der Waals surface area contributed by atoms with Gasteiger partial charge in [0.1, 0.15) is 23.0 Å². The molecule has 0 atom stereocenters. The van der Waals surface area contributed by atoms with Crippen LogP contribution >= 0.6 is 19.4 Å². The van der Waals surface area contributed by atoms with Gasteiger partial charge in [-0.15, -0.1) is 0 Å². The van der Waals surface area contributed by atoms with Crippen LogP contribution in [0.1, 0.15) is 61.8 Å². The van der Waals surface area contributed by atoms with Gasteiger partial charge in [0.05, 0.1) is 10.8 Å². The number of phenolic OH excluding ortho intramolecular Hbond substituents is 4. The van der Waals surface area contributed by atoms with Crippen molar-refractivity contribution >= 4 is 51.7 Å². The third-order valence-electron chi connectivity index (χ3n) is 7.56. The van der Waals surface area contributed by atoms with E-state index in [2.05, 4.69) is 109 Å². The molecular formula is C38H40Cl2O4Ru2. The van der Waals surface area contributed by atoms with Gasteiger partial charge in [-0.05, 0) is 36.8 Å². The summed E-state index contributed by atoms with van der Waals surface area (Å²) in [6.45, 7) is 13.1. The zero-order valence-corrected chi connectivity index (χ0v) is 31.6. The first-order valence-electron chi connectivity index (χ1n) is 14.6. The normalized spacial score (nSPS) is 10.3. The van der Waals surface area contributed by atoms with Crippen molar-refractivity contribution in [1.29, 1.82) is 0 Å². The molecule has 8 heteroatoms. The van der Waals surface area contributed by atoms with Crippen LogP contribution in [0.15, 0.2) is 97.1 Å². The van der Waals surface area contributed by atoms with Gasteiger partial charge in [-0.2, -0.15) is 0 Å². The topological polar surface area (TPSA) is 80.9 Å². The molecular weight excluding hydrogens is 793 g/mol. The predicted molar refractivity (Wildman–Crippen MR) is 188 cm³/mol. The number of aromatic hydroxyl groups is 4. The predicted octanol–water partition coefficient (Wildman–Crippen LogP) is 11.6. The van der Waals surface area contributed by atoms with E-state index in [9.17, 15) is 20.4 Å². The van der Waals surface area contributed by atoms with E-state index in [1.54, 1.807) is 48.5 Å². The van der Waals surface area contributed by atoms with Crippen molar-refractivity contribution in [3.05, 3.63) is 119 Å². The molecule has 46 heavy (non-hydrogen) atoms. The molecule has 0 aromatic heterocycles. The number of hydrogen-bond acceptors (Lipinski definition) is 4. The second-order valence-corrected chi connectivity index (χ2v) is 11.4. The van der Waals surface area contributed by atoms with Gasteiger partial charge in [-0.3, -0.25) is 0 Å². The van der Waals surface area contributed by atoms with Gasteiger partial charge in [0.2, 0.25) is 0 Å². The molecule has 0 aliphatic heterocycles. The van der Waals surface area contributed by atoms with E-state index in [4.69, 9.17) is 0 Å². The Morgan fingerprint density at radius 1 is 0.413 bits per heavy atom. The molecule has 6 aromatic rings. The van der Waals surface area contributed by atoms with Gasteiger partial charge in [-0.25, -0.2) is 0 Å². The summed E-state index contributed by atoms with van der Waals surface area (Å²) in [6.07, 6.45) is 0. The summed E-state index contributed by atoms with van der Waals surface area (Å²) in [7, 11) is 9.14. The zero-order chi connectivity index (χ0) is 34.6. The number of benzene rings is 6. The quantitative estimate of drug-likeness (QED) is 0.0796. The van der Waals surface area contributed by atoms with Crippen molar-refractivity contribution in [2.24, 2.45) is 0 Å². The average molecular weight is 834 g/mol. The van der Waals surface area contributed by atoms with E-state index in [0.29, 0.717) is 33.4 Å². The number of hydrogen-bond donors (Lipinski definition) is 4. The van der Waals surface area contributed by atoms with Crippen LogP contribution < -0.4 is 0 Å². The molecule has 0 heterocycles. The van der Waals surface area contributed by atoms with Crippen molar-refractivity contribution in [3.63, 3.8) is 0 Å². The van der Waals surface area contributed by atoms with Gasteiger partial charge >= 0.3 is 54.0 Å². The van der Waals surface area contributed by atoms with Gasteiger partial charge < -0.3 is 20.4 Å². The van der Waals surface area contributed by atoms with Crippen molar-refractivity contribution in [2.75, 3.05) is 0 Å². The Kier molecular flexibility index (Phi) is 16.3. The summed E-state index contributed by atoms with van der Waals surface area (Å²) in [5.41, 5.74) is 5.52. The first-order chi connectivity index (χ1) is 22.0. The summed E-state index contributed by atoms with van der Waals surface area (Å²) in [6, 6.07) is 30.9. The Morgan fingerprint density at radius 3 is 0.826 bits per heavy atom. The number of halogens is 2. The van der Waals surface area contributed by atoms with E-state index in [0.717, 1.165) is 0 Å². The molecule has 4 N–H and O–H groups in total. The summed E-state index contributed by atoms with van der Waals surface area (Å²) in [5.74, 6) is 0.647. The molecule has 0 unspecified atom stereocenters. The molecule has 0 bridgehead atoms. The van der Waals surface area contributed by atoms with Crippen LogP contribution in [0.4, 0.5) is 0 Å². The molecule has 0 amide bonds.